The summed E-state index contributed by atoms with van der Waals surface area (Å²) in [5.74, 6) is -0.128. The molecule has 5 heteroatoms. The topological polar surface area (TPSA) is 69.4 Å². The van der Waals surface area contributed by atoms with E-state index >= 15 is 0 Å². The molecule has 3 atom stereocenters. The van der Waals surface area contributed by atoms with Crippen LogP contribution in [0.2, 0.25) is 0 Å². The van der Waals surface area contributed by atoms with E-state index in [1.165, 1.54) is 12.1 Å². The fourth-order valence-corrected chi connectivity index (χ4v) is 3.25. The summed E-state index contributed by atoms with van der Waals surface area (Å²) in [5.41, 5.74) is 1.93. The Morgan fingerprint density at radius 1 is 1.04 bits per heavy atom. The molecule has 2 aromatic carbocycles. The molecule has 0 amide bonds. The number of carbonyl (C=O) groups is 1. The minimum Gasteiger partial charge on any atom is -0.365 e. The first kappa shape index (κ1) is 16.3. The largest absolute Gasteiger partial charge is 0.365 e. The van der Waals surface area contributed by atoms with Gasteiger partial charge in [-0.25, -0.2) is 0 Å². The van der Waals surface area contributed by atoms with Gasteiger partial charge in [0.05, 0.1) is 17.1 Å². The van der Waals surface area contributed by atoms with E-state index in [9.17, 15) is 14.9 Å². The number of nitro benzene ring substituents is 1. The number of nitrogens with zero attached hydrogens (tertiary/aromatic N) is 1. The van der Waals surface area contributed by atoms with Gasteiger partial charge in [0.15, 0.2) is 0 Å². The lowest BCUT2D eigenvalue weighted by atomic mass is 9.84. The number of benzene rings is 2. The molecule has 0 spiro atoms. The molecule has 0 aromatic heterocycles. The lowest BCUT2D eigenvalue weighted by Gasteiger charge is -2.36. The second-order valence-electron chi connectivity index (χ2n) is 6.10. The molecule has 0 bridgehead atoms. The number of hydrogen-bond acceptors (Lipinski definition) is 4. The van der Waals surface area contributed by atoms with Crippen molar-refractivity contribution < 1.29 is 14.5 Å². The molecule has 0 unspecified atom stereocenters. The van der Waals surface area contributed by atoms with Crippen molar-refractivity contribution in [3.63, 3.8) is 0 Å². The summed E-state index contributed by atoms with van der Waals surface area (Å²) in [4.78, 5) is 22.4. The lowest BCUT2D eigenvalue weighted by molar-refractivity contribution is -0.384. The predicted octanol–water partition coefficient (Wildman–Crippen LogP) is 4.39. The third-order valence-corrected chi connectivity index (χ3v) is 4.54. The average Bonchev–Trinajstić information content (AvgIpc) is 2.62. The van der Waals surface area contributed by atoms with Gasteiger partial charge in [-0.3, -0.25) is 14.9 Å². The zero-order chi connectivity index (χ0) is 17.1. The highest BCUT2D eigenvalue weighted by molar-refractivity contribution is 5.79. The molecule has 1 heterocycles. The molecule has 0 N–H and O–H groups in total. The van der Waals surface area contributed by atoms with Crippen LogP contribution < -0.4 is 0 Å². The van der Waals surface area contributed by atoms with Crippen LogP contribution in [0.1, 0.15) is 43.1 Å². The van der Waals surface area contributed by atoms with Crippen LogP contribution in [0.4, 0.5) is 5.69 Å². The summed E-state index contributed by atoms with van der Waals surface area (Å²) >= 11 is 0. The molecule has 0 aliphatic carbocycles. The number of non-ortho nitro benzene ring substituents is 1. The Balaban J connectivity index is 1.88. The molecule has 1 saturated heterocycles. The van der Waals surface area contributed by atoms with Crippen molar-refractivity contribution in [3.8, 4) is 0 Å². The molecule has 0 radical (unpaired) electrons. The van der Waals surface area contributed by atoms with E-state index < -0.39 is 4.92 Å². The Labute approximate surface area is 140 Å². The van der Waals surface area contributed by atoms with Gasteiger partial charge in [-0.05, 0) is 43.0 Å². The quantitative estimate of drug-likeness (QED) is 0.617. The van der Waals surface area contributed by atoms with Gasteiger partial charge in [0, 0.05) is 18.1 Å². The summed E-state index contributed by atoms with van der Waals surface area (Å²) in [6.45, 7) is 1.58. The van der Waals surface area contributed by atoms with Crippen LogP contribution in [-0.4, -0.2) is 10.7 Å². The van der Waals surface area contributed by atoms with E-state index in [4.69, 9.17) is 4.74 Å². The van der Waals surface area contributed by atoms with E-state index in [-0.39, 0.29) is 29.6 Å². The fourth-order valence-electron chi connectivity index (χ4n) is 3.25. The Kier molecular flexibility index (Phi) is 4.71. The van der Waals surface area contributed by atoms with Crippen LogP contribution in [0.3, 0.4) is 0 Å². The molecule has 124 valence electrons. The van der Waals surface area contributed by atoms with E-state index in [1.54, 1.807) is 19.1 Å². The highest BCUT2D eigenvalue weighted by Crippen LogP contribution is 2.42. The highest BCUT2D eigenvalue weighted by Gasteiger charge is 2.35. The third-order valence-electron chi connectivity index (χ3n) is 4.54. The van der Waals surface area contributed by atoms with E-state index in [0.717, 1.165) is 24.0 Å². The number of ketones is 1. The number of nitro groups is 1. The maximum Gasteiger partial charge on any atom is 0.269 e. The molecular weight excluding hydrogens is 306 g/mol. The smallest absolute Gasteiger partial charge is 0.269 e. The summed E-state index contributed by atoms with van der Waals surface area (Å²) < 4.78 is 6.24. The summed E-state index contributed by atoms with van der Waals surface area (Å²) in [6.07, 6.45) is 1.10. The molecule has 1 aliphatic heterocycles. The number of carbonyl (C=O) groups excluding carboxylic acids is 1. The Bertz CT molecular complexity index is 727. The van der Waals surface area contributed by atoms with Crippen molar-refractivity contribution in [2.45, 2.75) is 32.0 Å². The van der Waals surface area contributed by atoms with Crippen molar-refractivity contribution in [2.75, 3.05) is 0 Å². The molecular formula is C19H19NO4. The van der Waals surface area contributed by atoms with Crippen molar-refractivity contribution in [2.24, 2.45) is 5.92 Å². The second-order valence-corrected chi connectivity index (χ2v) is 6.10. The van der Waals surface area contributed by atoms with Crippen LogP contribution in [0, 0.1) is 16.0 Å². The Hall–Kier alpha value is -2.53. The van der Waals surface area contributed by atoms with Gasteiger partial charge in [-0.15, -0.1) is 0 Å². The fraction of sp³-hybridized carbons (Fsp3) is 0.316. The van der Waals surface area contributed by atoms with Gasteiger partial charge < -0.3 is 4.74 Å². The zero-order valence-corrected chi connectivity index (χ0v) is 13.4. The number of ether oxygens (including phenoxy) is 1. The summed E-state index contributed by atoms with van der Waals surface area (Å²) in [7, 11) is 0. The van der Waals surface area contributed by atoms with Gasteiger partial charge in [-0.1, -0.05) is 30.3 Å². The van der Waals surface area contributed by atoms with Crippen LogP contribution in [-0.2, 0) is 9.53 Å². The first-order chi connectivity index (χ1) is 11.6. The predicted molar refractivity (Wildman–Crippen MR) is 89.5 cm³/mol. The van der Waals surface area contributed by atoms with Crippen molar-refractivity contribution in [1.29, 1.82) is 0 Å². The number of hydrogen-bond donors (Lipinski definition) is 0. The van der Waals surface area contributed by atoms with Crippen molar-refractivity contribution in [3.05, 3.63) is 75.8 Å². The maximum absolute atomic E-state index is 12.0. The first-order valence-corrected chi connectivity index (χ1v) is 8.01. The van der Waals surface area contributed by atoms with Crippen LogP contribution in [0.5, 0.6) is 0 Å². The summed E-state index contributed by atoms with van der Waals surface area (Å²) in [6, 6.07) is 16.2. The third kappa shape index (κ3) is 3.36. The van der Waals surface area contributed by atoms with Crippen LogP contribution >= 0.6 is 0 Å². The summed E-state index contributed by atoms with van der Waals surface area (Å²) in [5, 5.41) is 10.8. The second kappa shape index (κ2) is 6.93. The first-order valence-electron chi connectivity index (χ1n) is 8.01. The lowest BCUT2D eigenvalue weighted by Crippen LogP contribution is -2.29. The molecule has 0 saturated carbocycles. The monoisotopic (exact) mass is 325 g/mol. The van der Waals surface area contributed by atoms with Gasteiger partial charge >= 0.3 is 0 Å². The van der Waals surface area contributed by atoms with E-state index in [1.807, 2.05) is 30.3 Å². The molecule has 5 nitrogen and oxygen atoms in total. The zero-order valence-electron chi connectivity index (χ0n) is 13.4. The molecule has 24 heavy (non-hydrogen) atoms. The SMILES string of the molecule is CC(=O)[C@H]1CC[C@@H](c2ccccc2)O[C@H]1c1ccc([N+](=O)[O-])cc1. The number of Topliss-reactive ketones (excluding diaryl/α,β-unsaturated/α-hetero) is 1. The Morgan fingerprint density at radius 3 is 2.29 bits per heavy atom. The molecule has 1 fully saturated rings. The molecule has 2 aromatic rings. The maximum atomic E-state index is 12.0. The number of rotatable bonds is 4. The van der Waals surface area contributed by atoms with Gasteiger partial charge in [0.25, 0.3) is 5.69 Å². The minimum atomic E-state index is -0.430. The van der Waals surface area contributed by atoms with Crippen molar-refractivity contribution >= 4 is 11.5 Å². The normalized spacial score (nSPS) is 23.6. The minimum absolute atomic E-state index is 0.0357. The van der Waals surface area contributed by atoms with Gasteiger partial charge in [0.2, 0.25) is 0 Å². The van der Waals surface area contributed by atoms with E-state index in [0.29, 0.717) is 0 Å². The molecule has 1 aliphatic rings. The van der Waals surface area contributed by atoms with Crippen molar-refractivity contribution in [1.82, 2.24) is 0 Å². The van der Waals surface area contributed by atoms with Gasteiger partial charge in [-0.2, -0.15) is 0 Å². The standard InChI is InChI=1S/C19H19NO4/c1-13(21)17-11-12-18(14-5-3-2-4-6-14)24-19(17)15-7-9-16(10-8-15)20(22)23/h2-10,17-19H,11-12H2,1H3/t17-,18+,19+/m1/s1. The van der Waals surface area contributed by atoms with Gasteiger partial charge in [0.1, 0.15) is 5.78 Å². The Morgan fingerprint density at radius 2 is 1.71 bits per heavy atom. The highest BCUT2D eigenvalue weighted by atomic mass is 16.6. The van der Waals surface area contributed by atoms with E-state index in [2.05, 4.69) is 0 Å². The molecule has 3 rings (SSSR count). The van der Waals surface area contributed by atoms with Crippen LogP contribution in [0.15, 0.2) is 54.6 Å². The van der Waals surface area contributed by atoms with Crippen LogP contribution in [0.25, 0.3) is 0 Å². The average molecular weight is 325 g/mol.